The van der Waals surface area contributed by atoms with Crippen molar-refractivity contribution in [3.8, 4) is 0 Å². The van der Waals surface area contributed by atoms with E-state index in [9.17, 15) is 4.79 Å². The molecule has 0 radical (unpaired) electrons. The lowest BCUT2D eigenvalue weighted by molar-refractivity contribution is -0.134. The van der Waals surface area contributed by atoms with Gasteiger partial charge in [-0.05, 0) is 31.7 Å². The molecule has 3 rings (SSSR count). The Morgan fingerprint density at radius 3 is 2.72 bits per heavy atom. The third-order valence-corrected chi connectivity index (χ3v) is 5.26. The molecule has 0 spiro atoms. The maximum atomic E-state index is 13.1. The number of rotatable bonds is 6. The molecule has 2 aromatic rings. The van der Waals surface area contributed by atoms with E-state index in [-0.39, 0.29) is 11.9 Å². The molecule has 1 fully saturated rings. The van der Waals surface area contributed by atoms with E-state index in [1.807, 2.05) is 48.0 Å². The van der Waals surface area contributed by atoms with Crippen LogP contribution in [0.25, 0.3) is 0 Å². The summed E-state index contributed by atoms with van der Waals surface area (Å²) in [6.45, 7) is 2.71. The highest BCUT2D eigenvalue weighted by molar-refractivity contribution is 5.77. The van der Waals surface area contributed by atoms with Gasteiger partial charge in [0.05, 0.1) is 0 Å². The zero-order chi connectivity index (χ0) is 17.6. The molecule has 25 heavy (non-hydrogen) atoms. The van der Waals surface area contributed by atoms with Gasteiger partial charge in [0.15, 0.2) is 0 Å². The van der Waals surface area contributed by atoms with Crippen LogP contribution in [-0.2, 0) is 11.8 Å². The van der Waals surface area contributed by atoms with Gasteiger partial charge in [0.2, 0.25) is 5.91 Å². The second kappa shape index (κ2) is 8.28. The molecule has 1 atom stereocenters. The Kier molecular flexibility index (Phi) is 5.84. The van der Waals surface area contributed by atoms with Crippen molar-refractivity contribution in [1.82, 2.24) is 19.4 Å². The van der Waals surface area contributed by atoms with Crippen molar-refractivity contribution in [3.05, 3.63) is 48.3 Å². The highest BCUT2D eigenvalue weighted by Crippen LogP contribution is 2.31. The Balaban J connectivity index is 1.87. The zero-order valence-corrected chi connectivity index (χ0v) is 15.3. The molecule has 0 unspecified atom stereocenters. The summed E-state index contributed by atoms with van der Waals surface area (Å²) >= 11 is 0. The molecule has 0 bridgehead atoms. The van der Waals surface area contributed by atoms with Gasteiger partial charge in [-0.15, -0.1) is 0 Å². The molecular formula is C20H28N4O. The number of hydrogen-bond acceptors (Lipinski definition) is 3. The maximum absolute atomic E-state index is 13.1. The first-order chi connectivity index (χ1) is 12.2. The van der Waals surface area contributed by atoms with Crippen molar-refractivity contribution >= 4 is 5.91 Å². The second-order valence-electron chi connectivity index (χ2n) is 6.97. The summed E-state index contributed by atoms with van der Waals surface area (Å²) < 4.78 is 1.99. The second-order valence-corrected chi connectivity index (χ2v) is 6.97. The molecular weight excluding hydrogens is 312 g/mol. The molecule has 2 aromatic heterocycles. The molecule has 0 saturated heterocycles. The minimum absolute atomic E-state index is 0.185. The predicted molar refractivity (Wildman–Crippen MR) is 97.9 cm³/mol. The Morgan fingerprint density at radius 2 is 2.12 bits per heavy atom. The van der Waals surface area contributed by atoms with Gasteiger partial charge in [-0.25, -0.2) is 4.98 Å². The Morgan fingerprint density at radius 1 is 1.32 bits per heavy atom. The van der Waals surface area contributed by atoms with Gasteiger partial charge in [0, 0.05) is 50.4 Å². The SMILES string of the molecule is CCN(C(=O)CC1CCCCC1)[C@H](c1cccnc1)c1nccn1C. The van der Waals surface area contributed by atoms with E-state index in [0.29, 0.717) is 18.9 Å². The number of hydrogen-bond donors (Lipinski definition) is 0. The Labute approximate surface area is 150 Å². The molecule has 1 amide bonds. The summed E-state index contributed by atoms with van der Waals surface area (Å²) in [6.07, 6.45) is 14.2. The van der Waals surface area contributed by atoms with Gasteiger partial charge in [-0.3, -0.25) is 9.78 Å². The van der Waals surface area contributed by atoms with Crippen LogP contribution >= 0.6 is 0 Å². The molecule has 5 heteroatoms. The highest BCUT2D eigenvalue weighted by Gasteiger charge is 2.30. The van der Waals surface area contributed by atoms with Crippen LogP contribution in [0.3, 0.4) is 0 Å². The summed E-state index contributed by atoms with van der Waals surface area (Å²) in [5.74, 6) is 1.64. The molecule has 0 N–H and O–H groups in total. The lowest BCUT2D eigenvalue weighted by Gasteiger charge is -2.32. The molecule has 1 saturated carbocycles. The molecule has 2 heterocycles. The van der Waals surface area contributed by atoms with Crippen LogP contribution in [0.5, 0.6) is 0 Å². The van der Waals surface area contributed by atoms with Gasteiger partial charge in [-0.1, -0.05) is 25.3 Å². The highest BCUT2D eigenvalue weighted by atomic mass is 16.2. The third-order valence-electron chi connectivity index (χ3n) is 5.26. The smallest absolute Gasteiger partial charge is 0.223 e. The van der Waals surface area contributed by atoms with Crippen LogP contribution in [0, 0.1) is 5.92 Å². The van der Waals surface area contributed by atoms with Crippen molar-refractivity contribution in [2.75, 3.05) is 6.54 Å². The van der Waals surface area contributed by atoms with Crippen molar-refractivity contribution < 1.29 is 4.79 Å². The topological polar surface area (TPSA) is 51.0 Å². The predicted octanol–water partition coefficient (Wildman–Crippen LogP) is 3.72. The van der Waals surface area contributed by atoms with E-state index in [2.05, 4.69) is 9.97 Å². The number of aryl methyl sites for hydroxylation is 1. The van der Waals surface area contributed by atoms with Crippen molar-refractivity contribution in [3.63, 3.8) is 0 Å². The first kappa shape index (κ1) is 17.6. The Hall–Kier alpha value is -2.17. The minimum Gasteiger partial charge on any atom is -0.336 e. The number of amides is 1. The van der Waals surface area contributed by atoms with Crippen molar-refractivity contribution in [2.45, 2.75) is 51.5 Å². The number of pyridine rings is 1. The number of carbonyl (C=O) groups excluding carboxylic acids is 1. The summed E-state index contributed by atoms with van der Waals surface area (Å²) in [7, 11) is 1.98. The van der Waals surface area contributed by atoms with Gasteiger partial charge in [-0.2, -0.15) is 0 Å². The fourth-order valence-electron chi connectivity index (χ4n) is 3.91. The quantitative estimate of drug-likeness (QED) is 0.805. The third kappa shape index (κ3) is 4.09. The zero-order valence-electron chi connectivity index (χ0n) is 15.3. The van der Waals surface area contributed by atoms with Crippen LogP contribution in [0.2, 0.25) is 0 Å². The molecule has 1 aliphatic rings. The van der Waals surface area contributed by atoms with Gasteiger partial charge in [0.1, 0.15) is 11.9 Å². The molecule has 0 aromatic carbocycles. The number of nitrogens with zero attached hydrogens (tertiary/aromatic N) is 4. The van der Waals surface area contributed by atoms with Crippen LogP contribution in [0.4, 0.5) is 0 Å². The number of carbonyl (C=O) groups is 1. The van der Waals surface area contributed by atoms with Crippen LogP contribution in [0.15, 0.2) is 36.9 Å². The normalized spacial score (nSPS) is 16.6. The lowest BCUT2D eigenvalue weighted by atomic mass is 9.86. The average Bonchev–Trinajstić information content (AvgIpc) is 3.06. The standard InChI is InChI=1S/C20H28N4O/c1-3-24(18(25)14-16-8-5-4-6-9-16)19(17-10-7-11-21-15-17)20-22-12-13-23(20)2/h7,10-13,15-16,19H,3-6,8-9,14H2,1-2H3/t19-/m1/s1. The van der Waals surface area contributed by atoms with Crippen LogP contribution in [-0.4, -0.2) is 31.9 Å². The fourth-order valence-corrected chi connectivity index (χ4v) is 3.91. The molecule has 134 valence electrons. The number of imidazole rings is 1. The maximum Gasteiger partial charge on any atom is 0.223 e. The average molecular weight is 340 g/mol. The summed E-state index contributed by atoms with van der Waals surface area (Å²) in [5, 5.41) is 0. The van der Waals surface area contributed by atoms with E-state index in [0.717, 1.165) is 11.4 Å². The van der Waals surface area contributed by atoms with Crippen LogP contribution < -0.4 is 0 Å². The van der Waals surface area contributed by atoms with Crippen molar-refractivity contribution in [1.29, 1.82) is 0 Å². The molecule has 5 nitrogen and oxygen atoms in total. The molecule has 1 aliphatic carbocycles. The minimum atomic E-state index is -0.185. The first-order valence-corrected chi connectivity index (χ1v) is 9.37. The van der Waals surface area contributed by atoms with E-state index < -0.39 is 0 Å². The van der Waals surface area contributed by atoms with E-state index >= 15 is 0 Å². The van der Waals surface area contributed by atoms with E-state index in [4.69, 9.17) is 0 Å². The van der Waals surface area contributed by atoms with Gasteiger partial charge in [0.25, 0.3) is 0 Å². The van der Waals surface area contributed by atoms with Gasteiger partial charge < -0.3 is 9.47 Å². The van der Waals surface area contributed by atoms with Crippen molar-refractivity contribution in [2.24, 2.45) is 13.0 Å². The molecule has 0 aliphatic heterocycles. The largest absolute Gasteiger partial charge is 0.336 e. The Bertz CT molecular complexity index is 676. The summed E-state index contributed by atoms with van der Waals surface area (Å²) in [5.41, 5.74) is 1.01. The monoisotopic (exact) mass is 340 g/mol. The summed E-state index contributed by atoms with van der Waals surface area (Å²) in [6, 6.07) is 3.77. The summed E-state index contributed by atoms with van der Waals surface area (Å²) in [4.78, 5) is 23.9. The van der Waals surface area contributed by atoms with Crippen LogP contribution in [0.1, 0.15) is 62.9 Å². The fraction of sp³-hybridized carbons (Fsp3) is 0.550. The lowest BCUT2D eigenvalue weighted by Crippen LogP contribution is -2.37. The van der Waals surface area contributed by atoms with E-state index in [1.165, 1.54) is 32.1 Å². The first-order valence-electron chi connectivity index (χ1n) is 9.37. The van der Waals surface area contributed by atoms with E-state index in [1.54, 1.807) is 12.4 Å². The number of aromatic nitrogens is 3. The van der Waals surface area contributed by atoms with Gasteiger partial charge >= 0.3 is 0 Å².